The van der Waals surface area contributed by atoms with Crippen LogP contribution >= 0.6 is 24.0 Å². The van der Waals surface area contributed by atoms with E-state index in [4.69, 9.17) is 5.26 Å². The zero-order valence-electron chi connectivity index (χ0n) is 17.0. The molecule has 2 unspecified atom stereocenters. The maximum atomic E-state index is 12.3. The smallest absolute Gasteiger partial charge is 0.223 e. The molecule has 1 saturated carbocycles. The predicted molar refractivity (Wildman–Crippen MR) is 124 cm³/mol. The fourth-order valence-electron chi connectivity index (χ4n) is 3.38. The number of nitrogens with one attached hydrogen (secondary N) is 3. The number of benzene rings is 1. The van der Waals surface area contributed by atoms with Crippen molar-refractivity contribution in [2.45, 2.75) is 65.1 Å². The highest BCUT2D eigenvalue weighted by Crippen LogP contribution is 2.24. The maximum Gasteiger partial charge on any atom is 0.223 e. The second kappa shape index (κ2) is 12.6. The molecule has 7 heteroatoms. The molecule has 6 nitrogen and oxygen atoms in total. The number of nitriles is 1. The number of halogens is 1. The van der Waals surface area contributed by atoms with Crippen LogP contribution in [-0.4, -0.2) is 30.5 Å². The molecule has 0 aliphatic heterocycles. The molecule has 1 aliphatic rings. The minimum absolute atomic E-state index is 0. The molecule has 3 N–H and O–H groups in total. The van der Waals surface area contributed by atoms with Crippen molar-refractivity contribution in [3.63, 3.8) is 0 Å². The number of rotatable bonds is 6. The summed E-state index contributed by atoms with van der Waals surface area (Å²) in [5.41, 5.74) is 1.65. The Labute approximate surface area is 185 Å². The van der Waals surface area contributed by atoms with E-state index in [9.17, 15) is 4.79 Å². The molecule has 1 amide bonds. The van der Waals surface area contributed by atoms with Gasteiger partial charge in [0, 0.05) is 24.5 Å². The van der Waals surface area contributed by atoms with Crippen LogP contribution < -0.4 is 16.0 Å². The van der Waals surface area contributed by atoms with Gasteiger partial charge in [0.2, 0.25) is 5.91 Å². The van der Waals surface area contributed by atoms with Gasteiger partial charge in [-0.15, -0.1) is 24.0 Å². The third-order valence-corrected chi connectivity index (χ3v) is 4.64. The molecule has 0 aromatic heterocycles. The van der Waals surface area contributed by atoms with Crippen LogP contribution in [0.4, 0.5) is 0 Å². The normalized spacial score (nSPS) is 19.3. The van der Waals surface area contributed by atoms with Gasteiger partial charge in [-0.1, -0.05) is 18.6 Å². The highest BCUT2D eigenvalue weighted by atomic mass is 127. The monoisotopic (exact) mass is 497 g/mol. The lowest BCUT2D eigenvalue weighted by molar-refractivity contribution is -0.126. The molecule has 0 spiro atoms. The Hall–Kier alpha value is -1.82. The number of nitrogens with zero attached hydrogens (tertiary/aromatic N) is 2. The summed E-state index contributed by atoms with van der Waals surface area (Å²) in [4.78, 5) is 17.0. The van der Waals surface area contributed by atoms with Crippen LogP contribution in [0.1, 0.15) is 57.6 Å². The number of aliphatic imine (C=N–C) groups is 1. The number of hydrogen-bond donors (Lipinski definition) is 3. The van der Waals surface area contributed by atoms with E-state index in [1.165, 1.54) is 0 Å². The first-order valence-corrected chi connectivity index (χ1v) is 9.86. The van der Waals surface area contributed by atoms with Crippen molar-refractivity contribution in [3.05, 3.63) is 35.4 Å². The third-order valence-electron chi connectivity index (χ3n) is 4.64. The molecule has 0 radical (unpaired) electrons. The molecule has 1 aliphatic carbocycles. The molecule has 1 fully saturated rings. The second-order valence-electron chi connectivity index (χ2n) is 7.38. The molecule has 0 bridgehead atoms. The van der Waals surface area contributed by atoms with Gasteiger partial charge in [0.25, 0.3) is 0 Å². The highest BCUT2D eigenvalue weighted by molar-refractivity contribution is 14.0. The first-order chi connectivity index (χ1) is 13.0. The van der Waals surface area contributed by atoms with Gasteiger partial charge in [-0.05, 0) is 57.7 Å². The Morgan fingerprint density at radius 1 is 1.36 bits per heavy atom. The first-order valence-electron chi connectivity index (χ1n) is 9.86. The van der Waals surface area contributed by atoms with Crippen LogP contribution in [0.5, 0.6) is 0 Å². The lowest BCUT2D eigenvalue weighted by Crippen LogP contribution is -2.47. The maximum absolute atomic E-state index is 12.3. The molecule has 2 atom stereocenters. The summed E-state index contributed by atoms with van der Waals surface area (Å²) in [6, 6.07) is 10.1. The summed E-state index contributed by atoms with van der Waals surface area (Å²) in [7, 11) is 0. The zero-order chi connectivity index (χ0) is 19.6. The Morgan fingerprint density at radius 2 is 2.14 bits per heavy atom. The molecule has 28 heavy (non-hydrogen) atoms. The number of hydrogen-bond acceptors (Lipinski definition) is 3. The largest absolute Gasteiger partial charge is 0.357 e. The van der Waals surface area contributed by atoms with Crippen LogP contribution in [0.15, 0.2) is 29.3 Å². The van der Waals surface area contributed by atoms with Gasteiger partial charge < -0.3 is 16.0 Å². The van der Waals surface area contributed by atoms with Gasteiger partial charge in [0.1, 0.15) is 0 Å². The van der Waals surface area contributed by atoms with E-state index in [1.54, 1.807) is 6.07 Å². The van der Waals surface area contributed by atoms with Crippen molar-refractivity contribution >= 4 is 35.8 Å². The van der Waals surface area contributed by atoms with Gasteiger partial charge in [-0.3, -0.25) is 4.79 Å². The van der Waals surface area contributed by atoms with Gasteiger partial charge in [-0.2, -0.15) is 5.26 Å². The molecular weight excluding hydrogens is 465 g/mol. The quantitative estimate of drug-likeness (QED) is 0.320. The molecular formula is C21H32IN5O. The van der Waals surface area contributed by atoms with Crippen molar-refractivity contribution in [1.82, 2.24) is 16.0 Å². The minimum Gasteiger partial charge on any atom is -0.357 e. The number of carbonyl (C=O) groups is 1. The fourth-order valence-corrected chi connectivity index (χ4v) is 3.38. The zero-order valence-corrected chi connectivity index (χ0v) is 19.3. The van der Waals surface area contributed by atoms with Crippen LogP contribution in [0, 0.1) is 17.2 Å². The lowest BCUT2D eigenvalue weighted by Gasteiger charge is -2.30. The Balaban J connectivity index is 0.00000392. The average molecular weight is 497 g/mol. The van der Waals surface area contributed by atoms with Crippen molar-refractivity contribution in [2.24, 2.45) is 10.9 Å². The van der Waals surface area contributed by atoms with E-state index in [0.717, 1.165) is 43.8 Å². The molecule has 1 aromatic rings. The van der Waals surface area contributed by atoms with Gasteiger partial charge in [0.15, 0.2) is 5.96 Å². The van der Waals surface area contributed by atoms with Crippen LogP contribution in [0.3, 0.4) is 0 Å². The topological polar surface area (TPSA) is 89.3 Å². The average Bonchev–Trinajstić information content (AvgIpc) is 2.66. The summed E-state index contributed by atoms with van der Waals surface area (Å²) in [6.07, 6.45) is 3.86. The van der Waals surface area contributed by atoms with Crippen molar-refractivity contribution in [3.8, 4) is 6.07 Å². The molecule has 154 valence electrons. The summed E-state index contributed by atoms with van der Waals surface area (Å²) >= 11 is 0. The van der Waals surface area contributed by atoms with Crippen molar-refractivity contribution < 1.29 is 4.79 Å². The summed E-state index contributed by atoms with van der Waals surface area (Å²) < 4.78 is 0. The number of carbonyl (C=O) groups excluding carboxylic acids is 1. The SMILES string of the molecule is CCNC(=NCc1cccc(C#N)c1)NC1CCCC(C(=O)NC(C)C)C1.I. The van der Waals surface area contributed by atoms with Crippen LogP contribution in [0.2, 0.25) is 0 Å². The van der Waals surface area contributed by atoms with E-state index >= 15 is 0 Å². The molecule has 0 heterocycles. The second-order valence-corrected chi connectivity index (χ2v) is 7.38. The summed E-state index contributed by atoms with van der Waals surface area (Å²) in [5.74, 6) is 0.982. The molecule has 1 aromatic carbocycles. The van der Waals surface area contributed by atoms with Gasteiger partial charge in [0.05, 0.1) is 18.2 Å². The van der Waals surface area contributed by atoms with Gasteiger partial charge >= 0.3 is 0 Å². The van der Waals surface area contributed by atoms with Crippen LogP contribution in [0.25, 0.3) is 0 Å². The lowest BCUT2D eigenvalue weighted by atomic mass is 9.85. The van der Waals surface area contributed by atoms with E-state index in [-0.39, 0.29) is 47.9 Å². The molecule has 2 rings (SSSR count). The minimum atomic E-state index is 0. The fraction of sp³-hybridized carbons (Fsp3) is 0.571. The first kappa shape index (κ1) is 24.2. The van der Waals surface area contributed by atoms with E-state index in [2.05, 4.69) is 27.0 Å². The summed E-state index contributed by atoms with van der Waals surface area (Å²) in [6.45, 7) is 7.30. The number of amides is 1. The number of guanidine groups is 1. The Bertz CT molecular complexity index is 698. The summed E-state index contributed by atoms with van der Waals surface area (Å²) in [5, 5.41) is 18.8. The predicted octanol–water partition coefficient (Wildman–Crippen LogP) is 3.31. The van der Waals surface area contributed by atoms with Crippen LogP contribution in [-0.2, 0) is 11.3 Å². The highest BCUT2D eigenvalue weighted by Gasteiger charge is 2.27. The van der Waals surface area contributed by atoms with Crippen molar-refractivity contribution in [2.75, 3.05) is 6.54 Å². The molecule has 0 saturated heterocycles. The Kier molecular flexibility index (Phi) is 10.9. The van der Waals surface area contributed by atoms with E-state index < -0.39 is 0 Å². The van der Waals surface area contributed by atoms with Gasteiger partial charge in [-0.25, -0.2) is 4.99 Å². The van der Waals surface area contributed by atoms with Crippen molar-refractivity contribution in [1.29, 1.82) is 5.26 Å². The standard InChI is InChI=1S/C21H31N5O.HI/c1-4-23-21(24-14-17-8-5-7-16(11-17)13-22)26-19-10-6-9-18(12-19)20(27)25-15(2)3;/h5,7-8,11,15,18-19H,4,6,9-10,12,14H2,1-3H3,(H,25,27)(H2,23,24,26);1H. The third kappa shape index (κ3) is 8.05. The Morgan fingerprint density at radius 3 is 2.82 bits per heavy atom. The van der Waals surface area contributed by atoms with E-state index in [0.29, 0.717) is 12.1 Å². The van der Waals surface area contributed by atoms with E-state index in [1.807, 2.05) is 39.0 Å².